The number of halogens is 7. The topological polar surface area (TPSA) is 9.23 Å². The third kappa shape index (κ3) is 4.27. The summed E-state index contributed by atoms with van der Waals surface area (Å²) in [6.45, 7) is 1.82. The summed E-state index contributed by atoms with van der Waals surface area (Å²) in [5.41, 5.74) is -0.451. The average Bonchev–Trinajstić information content (AvgIpc) is 2.70. The third-order valence-corrected chi connectivity index (χ3v) is 4.42. The zero-order valence-electron chi connectivity index (χ0n) is 15.6. The minimum Gasteiger partial charge on any atom is -0.429 e. The zero-order valence-corrected chi connectivity index (χ0v) is 15.6. The first-order valence-electron chi connectivity index (χ1n) is 8.93. The summed E-state index contributed by atoms with van der Waals surface area (Å²) in [5.74, 6) is -8.17. The normalized spacial score (nSPS) is 11.6. The second-order valence-corrected chi connectivity index (χ2v) is 6.55. The molecule has 0 aliphatic carbocycles. The van der Waals surface area contributed by atoms with E-state index in [1.807, 2.05) is 6.92 Å². The molecule has 3 aromatic carbocycles. The van der Waals surface area contributed by atoms with E-state index in [9.17, 15) is 30.7 Å². The number of ether oxygens (including phenoxy) is 1. The first kappa shape index (κ1) is 21.7. The lowest BCUT2D eigenvalue weighted by atomic mass is 9.99. The Balaban J connectivity index is 1.87. The van der Waals surface area contributed by atoms with Gasteiger partial charge in [0.15, 0.2) is 29.1 Å². The van der Waals surface area contributed by atoms with Gasteiger partial charge in [-0.3, -0.25) is 0 Å². The molecule has 0 fully saturated rings. The number of aryl methyl sites for hydroxylation is 1. The van der Waals surface area contributed by atoms with Gasteiger partial charge in [-0.2, -0.15) is 8.78 Å². The highest BCUT2D eigenvalue weighted by molar-refractivity contribution is 5.65. The molecule has 3 rings (SSSR count). The van der Waals surface area contributed by atoms with Crippen LogP contribution in [0.3, 0.4) is 0 Å². The minimum absolute atomic E-state index is 0.106. The molecular weight excluding hydrogens is 413 g/mol. The van der Waals surface area contributed by atoms with E-state index in [1.165, 1.54) is 12.1 Å². The quantitative estimate of drug-likeness (QED) is 0.300. The summed E-state index contributed by atoms with van der Waals surface area (Å²) in [7, 11) is 0. The number of alkyl halides is 2. The van der Waals surface area contributed by atoms with Gasteiger partial charge in [0, 0.05) is 17.7 Å². The molecule has 0 aromatic heterocycles. The molecule has 1 nitrogen and oxygen atoms in total. The maximum absolute atomic E-state index is 14.4. The van der Waals surface area contributed by atoms with Crippen LogP contribution in [0.4, 0.5) is 30.7 Å². The molecule has 0 radical (unpaired) electrons. The molecule has 0 aliphatic heterocycles. The first-order valence-corrected chi connectivity index (χ1v) is 8.93. The molecule has 0 aliphatic rings. The first-order chi connectivity index (χ1) is 14.1. The zero-order chi connectivity index (χ0) is 22.1. The van der Waals surface area contributed by atoms with E-state index in [2.05, 4.69) is 4.74 Å². The summed E-state index contributed by atoms with van der Waals surface area (Å²) < 4.78 is 101. The van der Waals surface area contributed by atoms with Crippen molar-refractivity contribution >= 4 is 0 Å². The SMILES string of the molecule is CCCc1ccc(-c2ccc(C(F)(F)Oc3cc(F)c(F)c(F)c3)cc2)c(F)c1F. The number of benzene rings is 3. The maximum Gasteiger partial charge on any atom is 0.426 e. The van der Waals surface area contributed by atoms with Gasteiger partial charge in [0.05, 0.1) is 5.56 Å². The number of hydrogen-bond acceptors (Lipinski definition) is 1. The lowest BCUT2D eigenvalue weighted by Gasteiger charge is -2.19. The van der Waals surface area contributed by atoms with Gasteiger partial charge in [0.1, 0.15) is 5.75 Å². The van der Waals surface area contributed by atoms with Gasteiger partial charge in [-0.1, -0.05) is 37.6 Å². The van der Waals surface area contributed by atoms with Crippen molar-refractivity contribution in [2.24, 2.45) is 0 Å². The maximum atomic E-state index is 14.4. The number of rotatable bonds is 6. The van der Waals surface area contributed by atoms with Crippen LogP contribution in [0.1, 0.15) is 24.5 Å². The molecule has 0 heterocycles. The van der Waals surface area contributed by atoms with Gasteiger partial charge in [0.25, 0.3) is 0 Å². The molecule has 8 heteroatoms. The molecule has 30 heavy (non-hydrogen) atoms. The summed E-state index contributed by atoms with van der Waals surface area (Å²) in [6.07, 6.45) is -3.04. The number of hydrogen-bond donors (Lipinski definition) is 0. The monoisotopic (exact) mass is 428 g/mol. The summed E-state index contributed by atoms with van der Waals surface area (Å²) in [4.78, 5) is 0. The minimum atomic E-state index is -4.02. The second-order valence-electron chi connectivity index (χ2n) is 6.55. The van der Waals surface area contributed by atoms with Crippen LogP contribution >= 0.6 is 0 Å². The van der Waals surface area contributed by atoms with Crippen molar-refractivity contribution in [2.45, 2.75) is 25.9 Å². The van der Waals surface area contributed by atoms with Crippen molar-refractivity contribution in [3.8, 4) is 16.9 Å². The molecule has 0 unspecified atom stereocenters. The standard InChI is InChI=1S/C22H15F7O/c1-2-3-13-6-9-16(20(26)19(13)25)12-4-7-14(8-5-12)22(28,29)30-15-10-17(23)21(27)18(24)11-15/h4-11H,2-3H2,1H3. The molecule has 0 saturated carbocycles. The van der Waals surface area contributed by atoms with Gasteiger partial charge in [-0.05, 0) is 29.7 Å². The predicted octanol–water partition coefficient (Wildman–Crippen LogP) is 7.13. The molecule has 0 bridgehead atoms. The Morgan fingerprint density at radius 3 is 1.93 bits per heavy atom. The highest BCUT2D eigenvalue weighted by Gasteiger charge is 2.35. The smallest absolute Gasteiger partial charge is 0.426 e. The predicted molar refractivity (Wildman–Crippen MR) is 96.6 cm³/mol. The Bertz CT molecular complexity index is 1040. The van der Waals surface area contributed by atoms with Crippen molar-refractivity contribution in [2.75, 3.05) is 0 Å². The average molecular weight is 428 g/mol. The van der Waals surface area contributed by atoms with Crippen LogP contribution in [0.5, 0.6) is 5.75 Å². The van der Waals surface area contributed by atoms with Crippen molar-refractivity contribution in [1.82, 2.24) is 0 Å². The third-order valence-electron chi connectivity index (χ3n) is 4.42. The lowest BCUT2D eigenvalue weighted by Crippen LogP contribution is -2.22. The van der Waals surface area contributed by atoms with Gasteiger partial charge < -0.3 is 4.74 Å². The Morgan fingerprint density at radius 2 is 1.37 bits per heavy atom. The molecule has 158 valence electrons. The van der Waals surface area contributed by atoms with Crippen molar-refractivity contribution in [1.29, 1.82) is 0 Å². The van der Waals surface area contributed by atoms with E-state index in [0.717, 1.165) is 24.3 Å². The molecule has 0 atom stereocenters. The van der Waals surface area contributed by atoms with E-state index in [1.54, 1.807) is 0 Å². The van der Waals surface area contributed by atoms with Gasteiger partial charge in [-0.15, -0.1) is 0 Å². The molecule has 3 aromatic rings. The fraction of sp³-hybridized carbons (Fsp3) is 0.182. The van der Waals surface area contributed by atoms with E-state index >= 15 is 0 Å². The highest BCUT2D eigenvalue weighted by atomic mass is 19.3. The molecule has 0 N–H and O–H groups in total. The van der Waals surface area contributed by atoms with Gasteiger partial charge in [0.2, 0.25) is 0 Å². The second kappa shape index (κ2) is 8.38. The molecule has 0 spiro atoms. The van der Waals surface area contributed by atoms with Crippen LogP contribution < -0.4 is 4.74 Å². The van der Waals surface area contributed by atoms with Crippen LogP contribution in [-0.2, 0) is 12.5 Å². The fourth-order valence-corrected chi connectivity index (χ4v) is 2.92. The van der Waals surface area contributed by atoms with Crippen molar-refractivity contribution in [3.63, 3.8) is 0 Å². The van der Waals surface area contributed by atoms with Crippen LogP contribution in [0.2, 0.25) is 0 Å². The van der Waals surface area contributed by atoms with E-state index in [-0.39, 0.29) is 28.8 Å². The molecule has 0 saturated heterocycles. The van der Waals surface area contributed by atoms with E-state index in [4.69, 9.17) is 0 Å². The van der Waals surface area contributed by atoms with Crippen LogP contribution in [-0.4, -0.2) is 0 Å². The Labute approximate surface area is 167 Å². The largest absolute Gasteiger partial charge is 0.429 e. The lowest BCUT2D eigenvalue weighted by molar-refractivity contribution is -0.185. The van der Waals surface area contributed by atoms with E-state index < -0.39 is 46.5 Å². The van der Waals surface area contributed by atoms with Crippen LogP contribution in [0, 0.1) is 29.1 Å². The van der Waals surface area contributed by atoms with E-state index in [0.29, 0.717) is 12.8 Å². The fourth-order valence-electron chi connectivity index (χ4n) is 2.92. The molecule has 0 amide bonds. The van der Waals surface area contributed by atoms with Gasteiger partial charge in [-0.25, -0.2) is 22.0 Å². The Morgan fingerprint density at radius 1 is 0.767 bits per heavy atom. The summed E-state index contributed by atoms with van der Waals surface area (Å²) in [6, 6.07) is 7.45. The van der Waals surface area contributed by atoms with Crippen LogP contribution in [0.15, 0.2) is 48.5 Å². The summed E-state index contributed by atoms with van der Waals surface area (Å²) >= 11 is 0. The highest BCUT2D eigenvalue weighted by Crippen LogP contribution is 2.34. The van der Waals surface area contributed by atoms with Crippen LogP contribution in [0.25, 0.3) is 11.1 Å². The Hall–Kier alpha value is -3.03. The van der Waals surface area contributed by atoms with Gasteiger partial charge >= 0.3 is 6.11 Å². The Kier molecular flexibility index (Phi) is 6.05. The molecular formula is C22H15F7O. The van der Waals surface area contributed by atoms with Crippen molar-refractivity contribution < 1.29 is 35.5 Å². The summed E-state index contributed by atoms with van der Waals surface area (Å²) in [5, 5.41) is 0. The van der Waals surface area contributed by atoms with Crippen molar-refractivity contribution in [3.05, 3.63) is 88.7 Å².